The molecule has 0 spiro atoms. The molecule has 1 atom stereocenters. The molecule has 1 aliphatic carbocycles. The van der Waals surface area contributed by atoms with Crippen LogP contribution in [0.25, 0.3) is 0 Å². The third kappa shape index (κ3) is 3.26. The van der Waals surface area contributed by atoms with Crippen molar-refractivity contribution in [2.24, 2.45) is 5.92 Å². The summed E-state index contributed by atoms with van der Waals surface area (Å²) in [5.74, 6) is -0.591. The summed E-state index contributed by atoms with van der Waals surface area (Å²) < 4.78 is 52.7. The lowest BCUT2D eigenvalue weighted by Crippen LogP contribution is -2.54. The highest BCUT2D eigenvalue weighted by atomic mass is 35.5. The van der Waals surface area contributed by atoms with Crippen molar-refractivity contribution in [3.8, 4) is 0 Å². The summed E-state index contributed by atoms with van der Waals surface area (Å²) in [4.78, 5) is 12.8. The number of hydrogen-bond donors (Lipinski definition) is 2. The predicted octanol–water partition coefficient (Wildman–Crippen LogP) is 4.72. The first-order chi connectivity index (χ1) is 13.2. The lowest BCUT2D eigenvalue weighted by Gasteiger charge is -2.44. The number of fused-ring (bicyclic) bond motifs is 1. The van der Waals surface area contributed by atoms with Gasteiger partial charge in [0.2, 0.25) is 0 Å². The molecule has 8 heteroatoms. The largest absolute Gasteiger partial charge is 0.417 e. The molecule has 1 amide bonds. The topological polar surface area (TPSA) is 41.1 Å². The fourth-order valence-corrected chi connectivity index (χ4v) is 4.59. The zero-order valence-electron chi connectivity index (χ0n) is 14.6. The van der Waals surface area contributed by atoms with E-state index in [1.807, 2.05) is 0 Å². The number of carbonyl (C=O) groups excluding carboxylic acids is 1. The van der Waals surface area contributed by atoms with Gasteiger partial charge in [0.05, 0.1) is 22.2 Å². The number of amides is 1. The maximum atomic E-state index is 13.3. The van der Waals surface area contributed by atoms with Crippen molar-refractivity contribution in [2.75, 3.05) is 6.54 Å². The highest BCUT2D eigenvalue weighted by molar-refractivity contribution is 6.34. The minimum atomic E-state index is -4.66. The van der Waals surface area contributed by atoms with Crippen molar-refractivity contribution in [3.05, 3.63) is 70.0 Å². The van der Waals surface area contributed by atoms with Gasteiger partial charge in [-0.2, -0.15) is 13.2 Å². The van der Waals surface area contributed by atoms with E-state index in [1.54, 1.807) is 12.1 Å². The Morgan fingerprint density at radius 2 is 1.86 bits per heavy atom. The summed E-state index contributed by atoms with van der Waals surface area (Å²) >= 11 is 5.90. The van der Waals surface area contributed by atoms with Gasteiger partial charge in [0.1, 0.15) is 5.82 Å². The Kier molecular flexibility index (Phi) is 4.62. The van der Waals surface area contributed by atoms with E-state index >= 15 is 0 Å². The first kappa shape index (κ1) is 19.2. The van der Waals surface area contributed by atoms with Gasteiger partial charge < -0.3 is 10.6 Å². The van der Waals surface area contributed by atoms with E-state index in [0.29, 0.717) is 11.5 Å². The third-order valence-electron chi connectivity index (χ3n) is 5.63. The molecule has 28 heavy (non-hydrogen) atoms. The average molecular weight is 413 g/mol. The van der Waals surface area contributed by atoms with E-state index in [9.17, 15) is 22.4 Å². The van der Waals surface area contributed by atoms with Gasteiger partial charge in [-0.05, 0) is 55.1 Å². The van der Waals surface area contributed by atoms with Crippen LogP contribution in [0.4, 0.5) is 17.6 Å². The molecule has 2 N–H and O–H groups in total. The number of carbonyl (C=O) groups is 1. The van der Waals surface area contributed by atoms with Crippen LogP contribution in [0.15, 0.2) is 42.5 Å². The third-order valence-corrected chi connectivity index (χ3v) is 6.04. The smallest absolute Gasteiger partial charge is 0.343 e. The molecule has 2 saturated heterocycles. The highest BCUT2D eigenvalue weighted by Gasteiger charge is 2.55. The molecule has 5 rings (SSSR count). The summed E-state index contributed by atoms with van der Waals surface area (Å²) in [6.07, 6.45) is -2.98. The van der Waals surface area contributed by atoms with Gasteiger partial charge in [0.25, 0.3) is 5.91 Å². The molecular formula is C20H17ClF4N2O. The van der Waals surface area contributed by atoms with Crippen molar-refractivity contribution in [2.45, 2.75) is 30.6 Å². The summed E-state index contributed by atoms with van der Waals surface area (Å²) in [6.45, 7) is 0.817. The molecule has 148 valence electrons. The summed E-state index contributed by atoms with van der Waals surface area (Å²) in [7, 11) is 0. The van der Waals surface area contributed by atoms with Gasteiger partial charge in [-0.3, -0.25) is 4.79 Å². The van der Waals surface area contributed by atoms with Crippen LogP contribution < -0.4 is 10.6 Å². The number of rotatable bonds is 4. The average Bonchev–Trinajstić information content (AvgIpc) is 3.21. The van der Waals surface area contributed by atoms with E-state index in [2.05, 4.69) is 10.6 Å². The van der Waals surface area contributed by atoms with Crippen LogP contribution in [-0.4, -0.2) is 18.0 Å². The van der Waals surface area contributed by atoms with Crippen LogP contribution in [0.3, 0.4) is 0 Å². The SMILES string of the molecule is O=C(NC(c1ccc(F)cc1)C12CC(CN1)C2)c1cccc(C(F)(F)F)c1Cl. The van der Waals surface area contributed by atoms with E-state index < -0.39 is 34.5 Å². The molecule has 2 aliphatic heterocycles. The molecule has 0 radical (unpaired) electrons. The van der Waals surface area contributed by atoms with E-state index in [-0.39, 0.29) is 11.1 Å². The number of alkyl halides is 3. The van der Waals surface area contributed by atoms with Crippen LogP contribution in [0.2, 0.25) is 5.02 Å². The van der Waals surface area contributed by atoms with Crippen molar-refractivity contribution >= 4 is 17.5 Å². The van der Waals surface area contributed by atoms with Crippen LogP contribution in [-0.2, 0) is 6.18 Å². The summed E-state index contributed by atoms with van der Waals surface area (Å²) in [5.41, 5.74) is -0.993. The number of benzene rings is 2. The first-order valence-corrected chi connectivity index (χ1v) is 9.24. The predicted molar refractivity (Wildman–Crippen MR) is 96.5 cm³/mol. The van der Waals surface area contributed by atoms with Crippen molar-refractivity contribution in [1.82, 2.24) is 10.6 Å². The lowest BCUT2D eigenvalue weighted by molar-refractivity contribution is -0.137. The Balaban J connectivity index is 1.66. The zero-order chi connectivity index (χ0) is 20.1. The van der Waals surface area contributed by atoms with Crippen LogP contribution in [0, 0.1) is 11.7 Å². The van der Waals surface area contributed by atoms with E-state index in [4.69, 9.17) is 11.6 Å². The zero-order valence-corrected chi connectivity index (χ0v) is 15.4. The molecule has 2 heterocycles. The highest BCUT2D eigenvalue weighted by Crippen LogP contribution is 2.50. The summed E-state index contributed by atoms with van der Waals surface area (Å²) in [6, 6.07) is 8.50. The van der Waals surface area contributed by atoms with Crippen LogP contribution in [0.1, 0.15) is 40.4 Å². The Morgan fingerprint density at radius 1 is 1.18 bits per heavy atom. The second kappa shape index (κ2) is 6.74. The number of hydrogen-bond acceptors (Lipinski definition) is 2. The Morgan fingerprint density at radius 3 is 2.43 bits per heavy atom. The number of nitrogens with one attached hydrogen (secondary N) is 2. The van der Waals surface area contributed by atoms with Crippen molar-refractivity contribution in [1.29, 1.82) is 0 Å². The van der Waals surface area contributed by atoms with Crippen LogP contribution in [0.5, 0.6) is 0 Å². The lowest BCUT2D eigenvalue weighted by atomic mass is 9.67. The minimum absolute atomic E-state index is 0.242. The number of halogens is 5. The molecule has 1 unspecified atom stereocenters. The first-order valence-electron chi connectivity index (χ1n) is 8.87. The molecule has 3 nitrogen and oxygen atoms in total. The molecule has 1 saturated carbocycles. The van der Waals surface area contributed by atoms with Gasteiger partial charge in [-0.15, -0.1) is 0 Å². The Hall–Kier alpha value is -2.12. The normalized spacial score (nSPS) is 24.5. The summed E-state index contributed by atoms with van der Waals surface area (Å²) in [5, 5.41) is 5.61. The van der Waals surface area contributed by atoms with Gasteiger partial charge in [-0.1, -0.05) is 29.8 Å². The van der Waals surface area contributed by atoms with Crippen molar-refractivity contribution in [3.63, 3.8) is 0 Å². The van der Waals surface area contributed by atoms with Gasteiger partial charge in [-0.25, -0.2) is 4.39 Å². The van der Waals surface area contributed by atoms with E-state index in [0.717, 1.165) is 31.5 Å². The molecular weight excluding hydrogens is 396 g/mol. The molecule has 3 fully saturated rings. The fraction of sp³-hybridized carbons (Fsp3) is 0.350. The minimum Gasteiger partial charge on any atom is -0.343 e. The molecule has 3 aliphatic rings. The molecule has 2 aromatic rings. The standard InChI is InChI=1S/C20H17ClF4N2O/c21-16-14(2-1-3-15(16)20(23,24)25)18(28)27-17(12-4-6-13(22)7-5-12)19-8-11(9-19)10-26-19/h1-7,11,17,26H,8-10H2,(H,27,28). The van der Waals surface area contributed by atoms with Crippen LogP contribution >= 0.6 is 11.6 Å². The van der Waals surface area contributed by atoms with Gasteiger partial charge in [0.15, 0.2) is 0 Å². The quantitative estimate of drug-likeness (QED) is 0.713. The van der Waals surface area contributed by atoms with E-state index in [1.165, 1.54) is 18.2 Å². The second-order valence-corrected chi connectivity index (χ2v) is 7.81. The molecule has 2 bridgehead atoms. The Labute approximate surface area is 164 Å². The van der Waals surface area contributed by atoms with Gasteiger partial charge >= 0.3 is 6.18 Å². The fourth-order valence-electron chi connectivity index (χ4n) is 4.28. The van der Waals surface area contributed by atoms with Crippen molar-refractivity contribution < 1.29 is 22.4 Å². The van der Waals surface area contributed by atoms with Gasteiger partial charge in [0, 0.05) is 5.54 Å². The Bertz CT molecular complexity index is 902. The second-order valence-electron chi connectivity index (χ2n) is 7.43. The molecule has 0 aromatic heterocycles. The maximum Gasteiger partial charge on any atom is 0.417 e. The molecule has 2 aromatic carbocycles. The monoisotopic (exact) mass is 412 g/mol. The maximum absolute atomic E-state index is 13.3.